The molecule has 1 aromatic heterocycles. The van der Waals surface area contributed by atoms with Crippen molar-refractivity contribution < 1.29 is 9.15 Å². The number of hydrogen-bond donors (Lipinski definition) is 0. The number of piperidine rings is 1. The van der Waals surface area contributed by atoms with Gasteiger partial charge in [-0.1, -0.05) is 6.92 Å². The first-order valence-electron chi connectivity index (χ1n) is 8.17. The van der Waals surface area contributed by atoms with Crippen LogP contribution >= 0.6 is 0 Å². The highest BCUT2D eigenvalue weighted by molar-refractivity contribution is 4.84. The summed E-state index contributed by atoms with van der Waals surface area (Å²) >= 11 is 0. The largest absolute Gasteiger partial charge is 0.424 e. The minimum absolute atomic E-state index is 0.742. The molecular weight excluding hydrogens is 268 g/mol. The molecule has 2 fully saturated rings. The van der Waals surface area contributed by atoms with Crippen molar-refractivity contribution in [3.8, 4) is 0 Å². The first-order chi connectivity index (χ1) is 10.3. The van der Waals surface area contributed by atoms with E-state index >= 15 is 0 Å². The summed E-state index contributed by atoms with van der Waals surface area (Å²) in [5.74, 6) is 2.26. The maximum Gasteiger partial charge on any atom is 0.230 e. The summed E-state index contributed by atoms with van der Waals surface area (Å²) in [4.78, 5) is 5.00. The van der Waals surface area contributed by atoms with E-state index in [1.165, 1.54) is 19.4 Å². The zero-order chi connectivity index (χ0) is 14.5. The van der Waals surface area contributed by atoms with Crippen molar-refractivity contribution in [2.45, 2.75) is 32.7 Å². The zero-order valence-electron chi connectivity index (χ0n) is 13.0. The lowest BCUT2D eigenvalue weighted by atomic mass is 9.97. The second-order valence-corrected chi connectivity index (χ2v) is 6.10. The summed E-state index contributed by atoms with van der Waals surface area (Å²) in [6, 6.07) is 0. The fraction of sp³-hybridized carbons (Fsp3) is 0.867. The Kier molecular flexibility index (Phi) is 5.22. The number of ether oxygens (including phenoxy) is 1. The maximum atomic E-state index is 5.63. The molecule has 0 amide bonds. The molecule has 2 aliphatic rings. The Labute approximate surface area is 126 Å². The van der Waals surface area contributed by atoms with Gasteiger partial charge in [0, 0.05) is 32.6 Å². The Morgan fingerprint density at radius 2 is 1.90 bits per heavy atom. The van der Waals surface area contributed by atoms with Crippen LogP contribution in [0, 0.1) is 5.92 Å². The fourth-order valence-corrected chi connectivity index (χ4v) is 3.28. The molecule has 1 unspecified atom stereocenters. The molecule has 0 radical (unpaired) electrons. The van der Waals surface area contributed by atoms with Crippen LogP contribution < -0.4 is 0 Å². The van der Waals surface area contributed by atoms with E-state index in [9.17, 15) is 0 Å². The lowest BCUT2D eigenvalue weighted by molar-refractivity contribution is 0.0219. The van der Waals surface area contributed by atoms with E-state index in [0.717, 1.165) is 70.1 Å². The summed E-state index contributed by atoms with van der Waals surface area (Å²) in [6.07, 6.45) is 3.41. The van der Waals surface area contributed by atoms with E-state index in [0.29, 0.717) is 0 Å². The van der Waals surface area contributed by atoms with Gasteiger partial charge in [-0.15, -0.1) is 10.2 Å². The SMILES string of the molecule is CCc1nnc(CN2CCCC(CN3CCOCC3)C2)o1. The van der Waals surface area contributed by atoms with E-state index in [1.54, 1.807) is 0 Å². The van der Waals surface area contributed by atoms with E-state index in [4.69, 9.17) is 9.15 Å². The first kappa shape index (κ1) is 14.9. The van der Waals surface area contributed by atoms with Crippen LogP contribution in [0.3, 0.4) is 0 Å². The minimum Gasteiger partial charge on any atom is -0.424 e. The third-order valence-corrected chi connectivity index (χ3v) is 4.39. The van der Waals surface area contributed by atoms with Crippen LogP contribution in [0.15, 0.2) is 4.42 Å². The number of aromatic nitrogens is 2. The smallest absolute Gasteiger partial charge is 0.230 e. The fourth-order valence-electron chi connectivity index (χ4n) is 3.28. The molecule has 21 heavy (non-hydrogen) atoms. The molecule has 0 spiro atoms. The topological polar surface area (TPSA) is 54.6 Å². The molecule has 6 nitrogen and oxygen atoms in total. The highest BCUT2D eigenvalue weighted by Crippen LogP contribution is 2.20. The molecule has 0 saturated carbocycles. The highest BCUT2D eigenvalue weighted by Gasteiger charge is 2.24. The Morgan fingerprint density at radius 3 is 2.67 bits per heavy atom. The first-order valence-corrected chi connectivity index (χ1v) is 8.17. The predicted molar refractivity (Wildman–Crippen MR) is 78.9 cm³/mol. The minimum atomic E-state index is 0.742. The molecule has 3 rings (SSSR count). The van der Waals surface area contributed by atoms with Crippen LogP contribution in [-0.4, -0.2) is 65.9 Å². The number of morpholine rings is 1. The van der Waals surface area contributed by atoms with Gasteiger partial charge in [-0.3, -0.25) is 9.80 Å². The molecule has 0 N–H and O–H groups in total. The second-order valence-electron chi connectivity index (χ2n) is 6.10. The molecule has 0 aromatic carbocycles. The van der Waals surface area contributed by atoms with Crippen LogP contribution in [0.4, 0.5) is 0 Å². The van der Waals surface area contributed by atoms with Gasteiger partial charge >= 0.3 is 0 Å². The molecule has 118 valence electrons. The van der Waals surface area contributed by atoms with Crippen LogP contribution in [0.25, 0.3) is 0 Å². The molecule has 2 aliphatic heterocycles. The molecule has 2 saturated heterocycles. The van der Waals surface area contributed by atoms with Gasteiger partial charge in [-0.2, -0.15) is 0 Å². The van der Waals surface area contributed by atoms with Crippen molar-refractivity contribution in [1.29, 1.82) is 0 Å². The average molecular weight is 294 g/mol. The predicted octanol–water partition coefficient (Wildman–Crippen LogP) is 1.18. The number of nitrogens with zero attached hydrogens (tertiary/aromatic N) is 4. The van der Waals surface area contributed by atoms with E-state index < -0.39 is 0 Å². The normalized spacial score (nSPS) is 25.3. The Morgan fingerprint density at radius 1 is 1.10 bits per heavy atom. The summed E-state index contributed by atoms with van der Waals surface area (Å²) in [5.41, 5.74) is 0. The monoisotopic (exact) mass is 294 g/mol. The van der Waals surface area contributed by atoms with Crippen LogP contribution in [0.5, 0.6) is 0 Å². The molecule has 6 heteroatoms. The number of hydrogen-bond acceptors (Lipinski definition) is 6. The lowest BCUT2D eigenvalue weighted by Crippen LogP contribution is -2.44. The van der Waals surface area contributed by atoms with Crippen molar-refractivity contribution in [3.63, 3.8) is 0 Å². The van der Waals surface area contributed by atoms with Gasteiger partial charge < -0.3 is 9.15 Å². The van der Waals surface area contributed by atoms with E-state index in [1.807, 2.05) is 6.92 Å². The summed E-state index contributed by atoms with van der Waals surface area (Å²) in [6.45, 7) is 10.3. The van der Waals surface area contributed by atoms with Crippen molar-refractivity contribution in [2.75, 3.05) is 45.9 Å². The quantitative estimate of drug-likeness (QED) is 0.813. The summed E-state index contributed by atoms with van der Waals surface area (Å²) in [7, 11) is 0. The van der Waals surface area contributed by atoms with Gasteiger partial charge in [-0.05, 0) is 25.3 Å². The third kappa shape index (κ3) is 4.25. The average Bonchev–Trinajstić information content (AvgIpc) is 2.96. The van der Waals surface area contributed by atoms with Crippen molar-refractivity contribution in [3.05, 3.63) is 11.8 Å². The van der Waals surface area contributed by atoms with Crippen molar-refractivity contribution >= 4 is 0 Å². The van der Waals surface area contributed by atoms with Gasteiger partial charge in [0.25, 0.3) is 0 Å². The van der Waals surface area contributed by atoms with Gasteiger partial charge in [0.1, 0.15) is 0 Å². The van der Waals surface area contributed by atoms with Gasteiger partial charge in [-0.25, -0.2) is 0 Å². The number of rotatable bonds is 5. The number of likely N-dealkylation sites (tertiary alicyclic amines) is 1. The second kappa shape index (κ2) is 7.33. The Hall–Kier alpha value is -0.980. The zero-order valence-corrected chi connectivity index (χ0v) is 13.0. The van der Waals surface area contributed by atoms with Crippen LogP contribution in [-0.2, 0) is 17.7 Å². The van der Waals surface area contributed by atoms with Crippen molar-refractivity contribution in [2.24, 2.45) is 5.92 Å². The van der Waals surface area contributed by atoms with Crippen molar-refractivity contribution in [1.82, 2.24) is 20.0 Å². The van der Waals surface area contributed by atoms with E-state index in [2.05, 4.69) is 20.0 Å². The number of aryl methyl sites for hydroxylation is 1. The highest BCUT2D eigenvalue weighted by atomic mass is 16.5. The van der Waals surface area contributed by atoms with Crippen LogP contribution in [0.1, 0.15) is 31.5 Å². The summed E-state index contributed by atoms with van der Waals surface area (Å²) in [5, 5.41) is 8.18. The molecule has 0 bridgehead atoms. The Balaban J connectivity index is 1.48. The molecule has 1 atom stereocenters. The van der Waals surface area contributed by atoms with Crippen LogP contribution in [0.2, 0.25) is 0 Å². The molecule has 1 aromatic rings. The molecular formula is C15H26N4O2. The van der Waals surface area contributed by atoms with E-state index in [-0.39, 0.29) is 0 Å². The van der Waals surface area contributed by atoms with Gasteiger partial charge in [0.15, 0.2) is 0 Å². The van der Waals surface area contributed by atoms with Gasteiger partial charge in [0.2, 0.25) is 11.8 Å². The van der Waals surface area contributed by atoms with Gasteiger partial charge in [0.05, 0.1) is 19.8 Å². The maximum absolute atomic E-state index is 5.63. The summed E-state index contributed by atoms with van der Waals surface area (Å²) < 4.78 is 11.1. The third-order valence-electron chi connectivity index (χ3n) is 4.39. The lowest BCUT2D eigenvalue weighted by Gasteiger charge is -2.36. The standard InChI is InChI=1S/C15H26N4O2/c1-2-14-16-17-15(21-14)12-19-5-3-4-13(11-19)10-18-6-8-20-9-7-18/h13H,2-12H2,1H3. The Bertz CT molecular complexity index is 431. The molecule has 0 aliphatic carbocycles. The molecule has 3 heterocycles.